The highest BCUT2D eigenvalue weighted by Crippen LogP contribution is 2.33. The van der Waals surface area contributed by atoms with E-state index in [0.717, 1.165) is 23.4 Å². The van der Waals surface area contributed by atoms with Crippen LogP contribution in [0.25, 0.3) is 0 Å². The van der Waals surface area contributed by atoms with Crippen LogP contribution in [0.2, 0.25) is 0 Å². The number of hydrogen-bond acceptors (Lipinski definition) is 2. The summed E-state index contributed by atoms with van der Waals surface area (Å²) in [6.07, 6.45) is 0.829. The van der Waals surface area contributed by atoms with E-state index in [-0.39, 0.29) is 11.9 Å². The van der Waals surface area contributed by atoms with Gasteiger partial charge in [0, 0.05) is 7.05 Å². The molecule has 0 radical (unpaired) electrons. The Kier molecular flexibility index (Phi) is 2.39. The van der Waals surface area contributed by atoms with Crippen LogP contribution in [-0.4, -0.2) is 19.0 Å². The highest BCUT2D eigenvalue weighted by molar-refractivity contribution is 6.04. The summed E-state index contributed by atoms with van der Waals surface area (Å²) >= 11 is 0. The van der Waals surface area contributed by atoms with E-state index >= 15 is 0 Å². The maximum Gasteiger partial charge on any atom is 0.247 e. The Labute approximate surface area is 90.1 Å². The first kappa shape index (κ1) is 10.0. The summed E-state index contributed by atoms with van der Waals surface area (Å²) < 4.78 is 0. The molecule has 0 spiro atoms. The van der Waals surface area contributed by atoms with Crippen LogP contribution in [0.15, 0.2) is 18.2 Å². The number of likely N-dealkylation sites (N-methyl/N-ethyl adjacent to an activating group) is 1. The third-order valence-electron chi connectivity index (χ3n) is 3.04. The number of fused-ring (bicyclic) bond motifs is 1. The number of carbonyl (C=O) groups is 1. The summed E-state index contributed by atoms with van der Waals surface area (Å²) in [7, 11) is 1.98. The van der Waals surface area contributed by atoms with Crippen LogP contribution in [0.1, 0.15) is 18.9 Å². The number of benzene rings is 1. The molecule has 3 heteroatoms. The van der Waals surface area contributed by atoms with Crippen LogP contribution in [0.3, 0.4) is 0 Å². The lowest BCUT2D eigenvalue weighted by molar-refractivity contribution is -0.117. The second-order valence-electron chi connectivity index (χ2n) is 3.99. The monoisotopic (exact) mass is 204 g/mol. The number of nitrogens with zero attached hydrogens (tertiary/aromatic N) is 1. The van der Waals surface area contributed by atoms with E-state index in [4.69, 9.17) is 0 Å². The molecule has 0 aliphatic carbocycles. The van der Waals surface area contributed by atoms with Gasteiger partial charge in [0.15, 0.2) is 0 Å². The third kappa shape index (κ3) is 1.48. The summed E-state index contributed by atoms with van der Waals surface area (Å²) in [4.78, 5) is 13.9. The maximum absolute atomic E-state index is 11.8. The number of hydrogen-bond donors (Lipinski definition) is 1. The van der Waals surface area contributed by atoms with Crippen LogP contribution < -0.4 is 10.2 Å². The second kappa shape index (κ2) is 3.57. The molecule has 0 bridgehead atoms. The normalized spacial score (nSPS) is 19.8. The Morgan fingerprint density at radius 2 is 2.20 bits per heavy atom. The van der Waals surface area contributed by atoms with Crippen molar-refractivity contribution < 1.29 is 4.79 Å². The van der Waals surface area contributed by atoms with E-state index in [2.05, 4.69) is 10.2 Å². The maximum atomic E-state index is 11.8. The molecule has 1 aromatic rings. The van der Waals surface area contributed by atoms with Gasteiger partial charge in [0.25, 0.3) is 0 Å². The van der Waals surface area contributed by atoms with Gasteiger partial charge < -0.3 is 10.2 Å². The van der Waals surface area contributed by atoms with E-state index in [1.165, 1.54) is 0 Å². The fourth-order valence-electron chi connectivity index (χ4n) is 2.12. The first-order chi connectivity index (χ1) is 7.15. The van der Waals surface area contributed by atoms with Gasteiger partial charge in [-0.2, -0.15) is 0 Å². The zero-order valence-electron chi connectivity index (χ0n) is 9.37. The lowest BCUT2D eigenvalue weighted by Crippen LogP contribution is -2.45. The SMILES string of the molecule is CCC1C(=O)Nc2c(C)cccc2N1C. The minimum atomic E-state index is -0.0423. The van der Waals surface area contributed by atoms with Crippen molar-refractivity contribution in [1.82, 2.24) is 0 Å². The molecule has 2 rings (SSSR count). The highest BCUT2D eigenvalue weighted by atomic mass is 16.2. The number of rotatable bonds is 1. The van der Waals surface area contributed by atoms with Crippen LogP contribution in [-0.2, 0) is 4.79 Å². The van der Waals surface area contributed by atoms with Gasteiger partial charge in [-0.3, -0.25) is 4.79 Å². The topological polar surface area (TPSA) is 32.3 Å². The molecule has 1 atom stereocenters. The number of aryl methyl sites for hydroxylation is 1. The number of para-hydroxylation sites is 1. The first-order valence-corrected chi connectivity index (χ1v) is 5.28. The minimum Gasteiger partial charge on any atom is -0.361 e. The third-order valence-corrected chi connectivity index (χ3v) is 3.04. The van der Waals surface area contributed by atoms with Crippen molar-refractivity contribution in [3.63, 3.8) is 0 Å². The van der Waals surface area contributed by atoms with Crippen LogP contribution in [0.5, 0.6) is 0 Å². The Morgan fingerprint density at radius 1 is 1.47 bits per heavy atom. The molecule has 1 aromatic carbocycles. The van der Waals surface area contributed by atoms with Crippen molar-refractivity contribution in [3.8, 4) is 0 Å². The predicted octanol–water partition coefficient (Wildman–Crippen LogP) is 2.16. The van der Waals surface area contributed by atoms with Gasteiger partial charge in [0.1, 0.15) is 6.04 Å². The van der Waals surface area contributed by atoms with Crippen LogP contribution >= 0.6 is 0 Å². The lowest BCUT2D eigenvalue weighted by Gasteiger charge is -2.35. The summed E-state index contributed by atoms with van der Waals surface area (Å²) in [5.41, 5.74) is 3.18. The molecular formula is C12H16N2O. The Balaban J connectivity index is 2.50. The lowest BCUT2D eigenvalue weighted by atomic mass is 10.0. The van der Waals surface area contributed by atoms with Gasteiger partial charge in [-0.25, -0.2) is 0 Å². The fourth-order valence-corrected chi connectivity index (χ4v) is 2.12. The molecule has 1 heterocycles. The zero-order valence-corrected chi connectivity index (χ0v) is 9.37. The fraction of sp³-hybridized carbons (Fsp3) is 0.417. The average molecular weight is 204 g/mol. The highest BCUT2D eigenvalue weighted by Gasteiger charge is 2.29. The van der Waals surface area contributed by atoms with Gasteiger partial charge in [-0.05, 0) is 25.0 Å². The molecular weight excluding hydrogens is 188 g/mol. The molecule has 3 nitrogen and oxygen atoms in total. The van der Waals surface area contributed by atoms with Gasteiger partial charge >= 0.3 is 0 Å². The van der Waals surface area contributed by atoms with Gasteiger partial charge in [0.05, 0.1) is 11.4 Å². The standard InChI is InChI=1S/C12H16N2O/c1-4-9-12(15)13-11-8(2)6-5-7-10(11)14(9)3/h5-7,9H,4H2,1-3H3,(H,13,15). The molecule has 0 saturated heterocycles. The van der Waals surface area contributed by atoms with Crippen LogP contribution in [0, 0.1) is 6.92 Å². The molecule has 80 valence electrons. The Morgan fingerprint density at radius 3 is 2.87 bits per heavy atom. The molecule has 1 aliphatic heterocycles. The van der Waals surface area contributed by atoms with Crippen molar-refractivity contribution in [3.05, 3.63) is 23.8 Å². The van der Waals surface area contributed by atoms with Gasteiger partial charge in [-0.1, -0.05) is 19.1 Å². The molecule has 1 amide bonds. The average Bonchev–Trinajstić information content (AvgIpc) is 2.20. The van der Waals surface area contributed by atoms with Crippen molar-refractivity contribution >= 4 is 17.3 Å². The summed E-state index contributed by atoms with van der Waals surface area (Å²) in [5.74, 6) is 0.0989. The predicted molar refractivity (Wildman–Crippen MR) is 62.3 cm³/mol. The van der Waals surface area contributed by atoms with E-state index in [1.54, 1.807) is 0 Å². The summed E-state index contributed by atoms with van der Waals surface area (Å²) in [6.45, 7) is 4.04. The largest absolute Gasteiger partial charge is 0.361 e. The second-order valence-corrected chi connectivity index (χ2v) is 3.99. The number of carbonyl (C=O) groups excluding carboxylic acids is 1. The Bertz CT molecular complexity index is 401. The van der Waals surface area contributed by atoms with Gasteiger partial charge in [0.2, 0.25) is 5.91 Å². The van der Waals surface area contributed by atoms with Crippen molar-refractivity contribution in [2.24, 2.45) is 0 Å². The van der Waals surface area contributed by atoms with E-state index < -0.39 is 0 Å². The summed E-state index contributed by atoms with van der Waals surface area (Å²) in [6, 6.07) is 6.04. The quantitative estimate of drug-likeness (QED) is 0.760. The van der Waals surface area contributed by atoms with Crippen molar-refractivity contribution in [2.45, 2.75) is 26.3 Å². The van der Waals surface area contributed by atoms with Gasteiger partial charge in [-0.15, -0.1) is 0 Å². The molecule has 0 saturated carbocycles. The number of nitrogens with one attached hydrogen (secondary N) is 1. The molecule has 1 unspecified atom stereocenters. The van der Waals surface area contributed by atoms with E-state index in [0.29, 0.717) is 0 Å². The van der Waals surface area contributed by atoms with E-state index in [1.807, 2.05) is 39.1 Å². The first-order valence-electron chi connectivity index (χ1n) is 5.28. The van der Waals surface area contributed by atoms with Crippen molar-refractivity contribution in [1.29, 1.82) is 0 Å². The molecule has 1 aliphatic rings. The molecule has 0 aromatic heterocycles. The molecule has 15 heavy (non-hydrogen) atoms. The Hall–Kier alpha value is -1.51. The smallest absolute Gasteiger partial charge is 0.247 e. The molecule has 1 N–H and O–H groups in total. The van der Waals surface area contributed by atoms with E-state index in [9.17, 15) is 4.79 Å². The molecule has 0 fully saturated rings. The summed E-state index contributed by atoms with van der Waals surface area (Å²) in [5, 5.41) is 2.98. The zero-order chi connectivity index (χ0) is 11.0. The number of anilines is 2. The number of amides is 1. The van der Waals surface area contributed by atoms with Crippen LogP contribution in [0.4, 0.5) is 11.4 Å². The van der Waals surface area contributed by atoms with Crippen molar-refractivity contribution in [2.75, 3.05) is 17.3 Å². The minimum absolute atomic E-state index is 0.0423.